The topological polar surface area (TPSA) is 82.6 Å². The number of anilines is 1. The maximum Gasteiger partial charge on any atom is 0.358 e. The Morgan fingerprint density at radius 2 is 1.92 bits per heavy atom. The van der Waals surface area contributed by atoms with E-state index in [1.54, 1.807) is 14.2 Å². The van der Waals surface area contributed by atoms with Gasteiger partial charge in [-0.05, 0) is 30.5 Å². The van der Waals surface area contributed by atoms with Crippen molar-refractivity contribution in [2.45, 2.75) is 25.3 Å². The quantitative estimate of drug-likeness (QED) is 0.740. The number of hydrogen-bond donors (Lipinski definition) is 1. The first-order chi connectivity index (χ1) is 12.6. The number of carbonyl (C=O) groups is 1. The van der Waals surface area contributed by atoms with Gasteiger partial charge in [-0.1, -0.05) is 17.7 Å². The summed E-state index contributed by atoms with van der Waals surface area (Å²) < 4.78 is 15.3. The number of halogens is 1. The van der Waals surface area contributed by atoms with Crippen molar-refractivity contribution >= 4 is 23.4 Å². The van der Waals surface area contributed by atoms with Crippen LogP contribution in [-0.2, 0) is 11.3 Å². The van der Waals surface area contributed by atoms with E-state index in [9.17, 15) is 4.79 Å². The van der Waals surface area contributed by atoms with Gasteiger partial charge in [0, 0.05) is 12.5 Å². The summed E-state index contributed by atoms with van der Waals surface area (Å²) in [7, 11) is 4.47. The number of methoxy groups -OCH3 is 3. The van der Waals surface area contributed by atoms with Crippen LogP contribution in [0.25, 0.3) is 0 Å². The maximum atomic E-state index is 12.0. The molecule has 0 radical (unpaired) electrons. The second kappa shape index (κ2) is 7.78. The Morgan fingerprint density at radius 1 is 1.19 bits per heavy atom. The van der Waals surface area contributed by atoms with Crippen molar-refractivity contribution < 1.29 is 19.0 Å². The Balaban J connectivity index is 1.85. The predicted molar refractivity (Wildman–Crippen MR) is 97.2 cm³/mol. The highest BCUT2D eigenvalue weighted by Gasteiger charge is 2.30. The number of esters is 1. The molecule has 7 nitrogen and oxygen atoms in total. The number of carbonyl (C=O) groups excluding carboxylic acids is 1. The second-order valence-corrected chi connectivity index (χ2v) is 6.28. The third-order valence-corrected chi connectivity index (χ3v) is 4.46. The molecule has 1 aromatic heterocycles. The molecule has 0 saturated heterocycles. The lowest BCUT2D eigenvalue weighted by atomic mass is 10.2. The first-order valence-corrected chi connectivity index (χ1v) is 8.55. The van der Waals surface area contributed by atoms with Gasteiger partial charge in [0.15, 0.2) is 17.2 Å². The Labute approximate surface area is 156 Å². The molecular weight excluding hydrogens is 358 g/mol. The molecule has 3 rings (SSSR count). The van der Waals surface area contributed by atoms with Crippen molar-refractivity contribution in [3.63, 3.8) is 0 Å². The number of aromatic nitrogens is 2. The molecule has 0 bridgehead atoms. The van der Waals surface area contributed by atoms with Crippen LogP contribution in [0.15, 0.2) is 18.2 Å². The molecule has 26 heavy (non-hydrogen) atoms. The van der Waals surface area contributed by atoms with E-state index in [-0.39, 0.29) is 16.6 Å². The van der Waals surface area contributed by atoms with Crippen molar-refractivity contribution in [2.75, 3.05) is 26.6 Å². The molecule has 8 heteroatoms. The highest BCUT2D eigenvalue weighted by Crippen LogP contribution is 2.40. The molecule has 1 heterocycles. The molecule has 0 unspecified atom stereocenters. The lowest BCUT2D eigenvalue weighted by molar-refractivity contribution is 0.0593. The van der Waals surface area contributed by atoms with Crippen molar-refractivity contribution in [3.8, 4) is 11.5 Å². The summed E-state index contributed by atoms with van der Waals surface area (Å²) in [5.74, 6) is 2.02. The van der Waals surface area contributed by atoms with Gasteiger partial charge in [0.25, 0.3) is 0 Å². The molecule has 1 aromatic carbocycles. The second-order valence-electron chi connectivity index (χ2n) is 5.90. The summed E-state index contributed by atoms with van der Waals surface area (Å²) in [5, 5.41) is 3.33. The van der Waals surface area contributed by atoms with Crippen molar-refractivity contribution in [1.82, 2.24) is 9.97 Å². The van der Waals surface area contributed by atoms with Gasteiger partial charge in [-0.2, -0.15) is 0 Å². The summed E-state index contributed by atoms with van der Waals surface area (Å²) in [6.45, 7) is 0.446. The van der Waals surface area contributed by atoms with E-state index < -0.39 is 5.97 Å². The molecule has 2 aromatic rings. The molecule has 138 valence electrons. The van der Waals surface area contributed by atoms with Gasteiger partial charge in [0.1, 0.15) is 16.7 Å². The highest BCUT2D eigenvalue weighted by atomic mass is 35.5. The number of benzene rings is 1. The molecule has 0 spiro atoms. The number of rotatable bonds is 7. The Morgan fingerprint density at radius 3 is 2.54 bits per heavy atom. The van der Waals surface area contributed by atoms with E-state index in [1.165, 1.54) is 7.11 Å². The Kier molecular flexibility index (Phi) is 5.46. The maximum absolute atomic E-state index is 12.0. The summed E-state index contributed by atoms with van der Waals surface area (Å²) in [5.41, 5.74) is 1.03. The van der Waals surface area contributed by atoms with Crippen molar-refractivity contribution in [1.29, 1.82) is 0 Å². The molecular formula is C18H20ClN3O4. The summed E-state index contributed by atoms with van der Waals surface area (Å²) >= 11 is 6.32. The minimum absolute atomic E-state index is 0.0841. The van der Waals surface area contributed by atoms with Crippen LogP contribution >= 0.6 is 11.6 Å². The minimum atomic E-state index is -0.575. The summed E-state index contributed by atoms with van der Waals surface area (Å²) in [6, 6.07) is 5.60. The average Bonchev–Trinajstić information content (AvgIpc) is 3.51. The fourth-order valence-electron chi connectivity index (χ4n) is 2.51. The van der Waals surface area contributed by atoms with E-state index in [4.69, 9.17) is 25.8 Å². The third kappa shape index (κ3) is 3.83. The molecule has 1 N–H and O–H groups in total. The van der Waals surface area contributed by atoms with Crippen LogP contribution < -0.4 is 14.8 Å². The van der Waals surface area contributed by atoms with E-state index in [2.05, 4.69) is 15.3 Å². The first kappa shape index (κ1) is 18.3. The first-order valence-electron chi connectivity index (χ1n) is 8.17. The van der Waals surface area contributed by atoms with E-state index >= 15 is 0 Å². The number of nitrogens with one attached hydrogen (secondary N) is 1. The van der Waals surface area contributed by atoms with Gasteiger partial charge < -0.3 is 19.5 Å². The Bertz CT molecular complexity index is 824. The summed E-state index contributed by atoms with van der Waals surface area (Å²) in [6.07, 6.45) is 2.02. The third-order valence-electron chi connectivity index (χ3n) is 4.10. The molecule has 0 amide bonds. The monoisotopic (exact) mass is 377 g/mol. The number of nitrogens with zero attached hydrogens (tertiary/aromatic N) is 2. The standard InChI is InChI=1S/C18H20ClN3O4/c1-24-12-7-4-10(8-13(12)25-2)9-20-17-14(19)15(18(23)26-3)21-16(22-17)11-5-6-11/h4,7-8,11H,5-6,9H2,1-3H3,(H,20,21,22). The van der Waals surface area contributed by atoms with Crippen LogP contribution in [0.2, 0.25) is 5.02 Å². The van der Waals surface area contributed by atoms with Crippen molar-refractivity contribution in [3.05, 3.63) is 40.3 Å². The van der Waals surface area contributed by atoms with Gasteiger partial charge in [-0.15, -0.1) is 0 Å². The largest absolute Gasteiger partial charge is 0.493 e. The average molecular weight is 378 g/mol. The zero-order valence-electron chi connectivity index (χ0n) is 14.8. The normalized spacial score (nSPS) is 13.2. The van der Waals surface area contributed by atoms with Gasteiger partial charge >= 0.3 is 5.97 Å². The molecule has 0 atom stereocenters. The van der Waals surface area contributed by atoms with E-state index in [0.29, 0.717) is 29.7 Å². The SMILES string of the molecule is COC(=O)c1nc(C2CC2)nc(NCc2ccc(OC)c(OC)c2)c1Cl. The number of ether oxygens (including phenoxy) is 3. The van der Waals surface area contributed by atoms with Crippen LogP contribution in [-0.4, -0.2) is 37.3 Å². The van der Waals surface area contributed by atoms with Gasteiger partial charge in [-0.3, -0.25) is 0 Å². The molecule has 0 aliphatic heterocycles. The zero-order valence-corrected chi connectivity index (χ0v) is 15.6. The smallest absolute Gasteiger partial charge is 0.358 e. The van der Waals surface area contributed by atoms with Crippen LogP contribution in [0.3, 0.4) is 0 Å². The number of hydrogen-bond acceptors (Lipinski definition) is 7. The lowest BCUT2D eigenvalue weighted by Gasteiger charge is -2.13. The molecule has 1 aliphatic carbocycles. The van der Waals surface area contributed by atoms with Crippen LogP contribution in [0, 0.1) is 0 Å². The lowest BCUT2D eigenvalue weighted by Crippen LogP contribution is -2.12. The van der Waals surface area contributed by atoms with Gasteiger partial charge in [0.2, 0.25) is 0 Å². The summed E-state index contributed by atoms with van der Waals surface area (Å²) in [4.78, 5) is 20.7. The van der Waals surface area contributed by atoms with Crippen molar-refractivity contribution in [2.24, 2.45) is 0 Å². The molecule has 1 saturated carbocycles. The molecule has 1 aliphatic rings. The molecule has 1 fully saturated rings. The van der Waals surface area contributed by atoms with E-state index in [1.807, 2.05) is 18.2 Å². The van der Waals surface area contributed by atoms with Crippen LogP contribution in [0.5, 0.6) is 11.5 Å². The van der Waals surface area contributed by atoms with Gasteiger partial charge in [0.05, 0.1) is 21.3 Å². The van der Waals surface area contributed by atoms with Crippen LogP contribution in [0.4, 0.5) is 5.82 Å². The minimum Gasteiger partial charge on any atom is -0.493 e. The van der Waals surface area contributed by atoms with Crippen LogP contribution in [0.1, 0.15) is 40.6 Å². The zero-order chi connectivity index (χ0) is 18.7. The van der Waals surface area contributed by atoms with Gasteiger partial charge in [-0.25, -0.2) is 14.8 Å². The predicted octanol–water partition coefficient (Wildman–Crippen LogP) is 3.42. The Hall–Kier alpha value is -2.54. The van der Waals surface area contributed by atoms with E-state index in [0.717, 1.165) is 18.4 Å². The fraction of sp³-hybridized carbons (Fsp3) is 0.389. The highest BCUT2D eigenvalue weighted by molar-refractivity contribution is 6.35. The fourth-order valence-corrected chi connectivity index (χ4v) is 2.74.